The molecule has 0 atom stereocenters. The van der Waals surface area contributed by atoms with Crippen LogP contribution in [0.4, 0.5) is 0 Å². The van der Waals surface area contributed by atoms with E-state index in [2.05, 4.69) is 9.97 Å². The number of fused-ring (bicyclic) bond motifs is 1. The Morgan fingerprint density at radius 2 is 2.04 bits per heavy atom. The second-order valence-corrected chi connectivity index (χ2v) is 7.85. The van der Waals surface area contributed by atoms with Crippen LogP contribution in [0.5, 0.6) is 5.75 Å². The Kier molecular flexibility index (Phi) is 4.26. The molecule has 1 aromatic carbocycles. The molecule has 2 aliphatic rings. The van der Waals surface area contributed by atoms with Gasteiger partial charge in [0, 0.05) is 36.3 Å². The van der Waals surface area contributed by atoms with Crippen LogP contribution in [0.3, 0.4) is 0 Å². The maximum absolute atomic E-state index is 12.9. The van der Waals surface area contributed by atoms with Crippen molar-refractivity contribution in [1.29, 1.82) is 0 Å². The summed E-state index contributed by atoms with van der Waals surface area (Å²) in [6, 6.07) is 8.09. The topological polar surface area (TPSA) is 68.5 Å². The number of hydrogen-bond acceptors (Lipinski definition) is 5. The first-order chi connectivity index (χ1) is 13.7. The second-order valence-electron chi connectivity index (χ2n) is 7.85. The Balaban J connectivity index is 1.27. The van der Waals surface area contributed by atoms with Gasteiger partial charge in [0.25, 0.3) is 5.91 Å². The van der Waals surface area contributed by atoms with Crippen molar-refractivity contribution < 1.29 is 13.9 Å². The highest BCUT2D eigenvalue weighted by Crippen LogP contribution is 2.47. The summed E-state index contributed by atoms with van der Waals surface area (Å²) < 4.78 is 11.4. The molecular formula is C22H23N3O3. The summed E-state index contributed by atoms with van der Waals surface area (Å²) in [5.41, 5.74) is 0.356. The summed E-state index contributed by atoms with van der Waals surface area (Å²) in [6.45, 7) is 0.174. The van der Waals surface area contributed by atoms with E-state index in [-0.39, 0.29) is 12.5 Å². The van der Waals surface area contributed by atoms with E-state index >= 15 is 0 Å². The molecule has 0 spiro atoms. The smallest absolute Gasteiger partial charge is 0.275 e. The number of ether oxygens (including phenoxy) is 1. The van der Waals surface area contributed by atoms with E-state index in [0.717, 1.165) is 16.5 Å². The average molecular weight is 377 g/mol. The molecule has 6 heteroatoms. The molecular weight excluding hydrogens is 354 g/mol. The fourth-order valence-electron chi connectivity index (χ4n) is 4.04. The number of hydrogen-bond donors (Lipinski definition) is 0. The van der Waals surface area contributed by atoms with Gasteiger partial charge in [-0.1, -0.05) is 12.1 Å². The Hall–Kier alpha value is -2.89. The number of carbonyl (C=O) groups is 1. The van der Waals surface area contributed by atoms with E-state index in [1.807, 2.05) is 36.2 Å². The highest BCUT2D eigenvalue weighted by atomic mass is 16.5. The zero-order valence-corrected chi connectivity index (χ0v) is 15.9. The number of benzene rings is 1. The van der Waals surface area contributed by atoms with E-state index < -0.39 is 0 Å². The van der Waals surface area contributed by atoms with Crippen LogP contribution in [0.25, 0.3) is 10.8 Å². The predicted octanol–water partition coefficient (Wildman–Crippen LogP) is 4.06. The minimum atomic E-state index is -0.0602. The number of pyridine rings is 1. The first kappa shape index (κ1) is 17.2. The molecule has 2 aliphatic carbocycles. The summed E-state index contributed by atoms with van der Waals surface area (Å²) in [4.78, 5) is 23.3. The first-order valence-corrected chi connectivity index (χ1v) is 9.88. The van der Waals surface area contributed by atoms with E-state index in [4.69, 9.17) is 9.15 Å². The van der Waals surface area contributed by atoms with E-state index in [9.17, 15) is 4.79 Å². The number of nitrogens with zero attached hydrogens (tertiary/aromatic N) is 3. The van der Waals surface area contributed by atoms with Crippen LogP contribution in [-0.2, 0) is 6.61 Å². The zero-order valence-electron chi connectivity index (χ0n) is 15.9. The molecule has 2 heterocycles. The Bertz CT molecular complexity index is 990. The van der Waals surface area contributed by atoms with Crippen LogP contribution in [0.15, 0.2) is 47.3 Å². The summed E-state index contributed by atoms with van der Waals surface area (Å²) in [5, 5.41) is 1.99. The number of rotatable bonds is 7. The normalized spacial score (nSPS) is 16.5. The molecule has 5 rings (SSSR count). The van der Waals surface area contributed by atoms with Gasteiger partial charge in [-0.3, -0.25) is 9.78 Å². The highest BCUT2D eigenvalue weighted by molar-refractivity contribution is 5.92. The minimum absolute atomic E-state index is 0.0602. The van der Waals surface area contributed by atoms with Gasteiger partial charge in [0.2, 0.25) is 5.89 Å². The van der Waals surface area contributed by atoms with Crippen molar-refractivity contribution in [2.75, 3.05) is 7.05 Å². The predicted molar refractivity (Wildman–Crippen MR) is 104 cm³/mol. The van der Waals surface area contributed by atoms with Gasteiger partial charge in [-0.25, -0.2) is 4.98 Å². The van der Waals surface area contributed by atoms with Crippen molar-refractivity contribution in [1.82, 2.24) is 14.9 Å². The quantitative estimate of drug-likeness (QED) is 0.621. The molecule has 0 bridgehead atoms. The molecule has 0 N–H and O–H groups in total. The van der Waals surface area contributed by atoms with Crippen molar-refractivity contribution in [3.05, 3.63) is 54.5 Å². The van der Waals surface area contributed by atoms with Crippen LogP contribution < -0.4 is 4.74 Å². The third-order valence-corrected chi connectivity index (χ3v) is 5.74. The lowest BCUT2D eigenvalue weighted by molar-refractivity contribution is 0.0684. The Morgan fingerprint density at radius 3 is 2.79 bits per heavy atom. The first-order valence-electron chi connectivity index (χ1n) is 9.88. The van der Waals surface area contributed by atoms with Gasteiger partial charge >= 0.3 is 0 Å². The van der Waals surface area contributed by atoms with Gasteiger partial charge < -0.3 is 14.1 Å². The zero-order chi connectivity index (χ0) is 19.1. The molecule has 0 aliphatic heterocycles. The number of carbonyl (C=O) groups excluding carboxylic acids is 1. The maximum Gasteiger partial charge on any atom is 0.275 e. The van der Waals surface area contributed by atoms with Crippen LogP contribution in [-0.4, -0.2) is 33.9 Å². The van der Waals surface area contributed by atoms with Crippen molar-refractivity contribution in [3.63, 3.8) is 0 Å². The lowest BCUT2D eigenvalue weighted by Crippen LogP contribution is -2.40. The van der Waals surface area contributed by atoms with Crippen molar-refractivity contribution >= 4 is 16.7 Å². The summed E-state index contributed by atoms with van der Waals surface area (Å²) in [6.07, 6.45) is 9.92. The third-order valence-electron chi connectivity index (χ3n) is 5.74. The second kappa shape index (κ2) is 6.93. The molecule has 144 valence electrons. The monoisotopic (exact) mass is 377 g/mol. The van der Waals surface area contributed by atoms with Gasteiger partial charge in [0.1, 0.15) is 12.0 Å². The molecule has 0 radical (unpaired) electrons. The molecule has 0 saturated heterocycles. The van der Waals surface area contributed by atoms with Crippen molar-refractivity contribution in [2.24, 2.45) is 11.8 Å². The fraction of sp³-hybridized carbons (Fsp3) is 0.409. The van der Waals surface area contributed by atoms with Gasteiger partial charge in [-0.05, 0) is 49.7 Å². The molecule has 3 aromatic rings. The fourth-order valence-corrected chi connectivity index (χ4v) is 4.04. The summed E-state index contributed by atoms with van der Waals surface area (Å²) in [7, 11) is 1.90. The molecule has 0 unspecified atom stereocenters. The molecule has 2 saturated carbocycles. The number of aromatic nitrogens is 2. The number of oxazole rings is 1. The standard InChI is InChI=1S/C22H23N3O3/c1-25(21(14-5-6-14)15-7-8-15)22(26)18-12-28-20(24-18)13-27-19-4-2-3-16-11-23-10-9-17(16)19/h2-4,9-12,14-15,21H,5-8,13H2,1H3. The molecule has 2 aromatic heterocycles. The van der Waals surface area contributed by atoms with Gasteiger partial charge in [-0.2, -0.15) is 0 Å². The SMILES string of the molecule is CN(C(=O)c1coc(COc2cccc3cnccc23)n1)C(C1CC1)C1CC1. The van der Waals surface area contributed by atoms with Gasteiger partial charge in [0.15, 0.2) is 12.3 Å². The van der Waals surface area contributed by atoms with Crippen molar-refractivity contribution in [3.8, 4) is 5.75 Å². The summed E-state index contributed by atoms with van der Waals surface area (Å²) >= 11 is 0. The molecule has 2 fully saturated rings. The van der Waals surface area contributed by atoms with Gasteiger partial charge in [-0.15, -0.1) is 0 Å². The third kappa shape index (κ3) is 3.35. The van der Waals surface area contributed by atoms with Crippen LogP contribution >= 0.6 is 0 Å². The Labute approximate surface area is 163 Å². The molecule has 1 amide bonds. The Morgan fingerprint density at radius 1 is 1.25 bits per heavy atom. The molecule has 6 nitrogen and oxygen atoms in total. The molecule has 28 heavy (non-hydrogen) atoms. The minimum Gasteiger partial charge on any atom is -0.483 e. The van der Waals surface area contributed by atoms with Crippen LogP contribution in [0.2, 0.25) is 0 Å². The maximum atomic E-state index is 12.9. The average Bonchev–Trinajstić information content (AvgIpc) is 3.66. The van der Waals surface area contributed by atoms with Crippen LogP contribution in [0.1, 0.15) is 42.1 Å². The largest absolute Gasteiger partial charge is 0.483 e. The van der Waals surface area contributed by atoms with E-state index in [1.54, 1.807) is 12.4 Å². The highest BCUT2D eigenvalue weighted by Gasteiger charge is 2.45. The van der Waals surface area contributed by atoms with Crippen LogP contribution in [0, 0.1) is 11.8 Å². The van der Waals surface area contributed by atoms with Gasteiger partial charge in [0.05, 0.1) is 0 Å². The lowest BCUT2D eigenvalue weighted by atomic mass is 10.1. The van der Waals surface area contributed by atoms with E-state index in [1.165, 1.54) is 31.9 Å². The number of amides is 1. The lowest BCUT2D eigenvalue weighted by Gasteiger charge is -2.27. The van der Waals surface area contributed by atoms with Crippen molar-refractivity contribution in [2.45, 2.75) is 38.3 Å². The summed E-state index contributed by atoms with van der Waals surface area (Å²) in [5.74, 6) is 2.41. The van der Waals surface area contributed by atoms with E-state index in [0.29, 0.717) is 29.5 Å².